The highest BCUT2D eigenvalue weighted by Crippen LogP contribution is 2.13. The smallest absolute Gasteiger partial charge is 0.321 e. The van der Waals surface area contributed by atoms with Crippen LogP contribution in [-0.4, -0.2) is 62.2 Å². The van der Waals surface area contributed by atoms with Gasteiger partial charge in [-0.05, 0) is 6.42 Å². The number of nitrogens with zero attached hydrogens (tertiary/aromatic N) is 1. The van der Waals surface area contributed by atoms with Crippen molar-refractivity contribution in [3.05, 3.63) is 0 Å². The van der Waals surface area contributed by atoms with Crippen LogP contribution in [0.1, 0.15) is 13.3 Å². The summed E-state index contributed by atoms with van der Waals surface area (Å²) in [5, 5.41) is -1.16. The summed E-state index contributed by atoms with van der Waals surface area (Å²) >= 11 is 4.71. The zero-order valence-electron chi connectivity index (χ0n) is 11.5. The number of ether oxygens (including phenoxy) is 2. The second-order valence-corrected chi connectivity index (χ2v) is 6.35. The molecule has 0 heterocycles. The molecule has 0 rings (SSSR count). The summed E-state index contributed by atoms with van der Waals surface area (Å²) in [6.45, 7) is 0.343. The second-order valence-electron chi connectivity index (χ2n) is 3.76. The average molecular weight is 326 g/mol. The molecule has 0 aliphatic rings. The maximum atomic E-state index is 12.3. The molecule has 0 bridgehead atoms. The molecule has 0 aromatic rings. The summed E-state index contributed by atoms with van der Waals surface area (Å²) in [5.41, 5.74) is 5.39. The Kier molecular flexibility index (Phi) is 7.61. The van der Waals surface area contributed by atoms with Gasteiger partial charge in [0.25, 0.3) is 0 Å². The first-order valence-corrected chi connectivity index (χ1v) is 7.53. The van der Waals surface area contributed by atoms with Crippen LogP contribution in [0.4, 0.5) is 0 Å². The molecule has 0 aromatic carbocycles. The maximum Gasteiger partial charge on any atom is 0.321 e. The van der Waals surface area contributed by atoms with Gasteiger partial charge in [-0.25, -0.2) is 8.42 Å². The van der Waals surface area contributed by atoms with E-state index in [1.54, 1.807) is 6.92 Å². The Labute approximate surface area is 123 Å². The quantitative estimate of drug-likeness (QED) is 0.447. The van der Waals surface area contributed by atoms with Gasteiger partial charge in [-0.1, -0.05) is 19.1 Å². The molecular weight excluding hydrogens is 308 g/mol. The molecule has 0 aromatic heterocycles. The maximum absolute atomic E-state index is 12.3. The van der Waals surface area contributed by atoms with Gasteiger partial charge in [0.1, 0.15) is 18.3 Å². The molecule has 0 aliphatic carbocycles. The summed E-state index contributed by atoms with van der Waals surface area (Å²) in [6, 6.07) is 0. The molecule has 0 spiro atoms. The van der Waals surface area contributed by atoms with Crippen molar-refractivity contribution < 1.29 is 27.5 Å². The number of sulfonamides is 1. The van der Waals surface area contributed by atoms with Gasteiger partial charge in [0.15, 0.2) is 0 Å². The number of thiocarbonyl (C=S) groups is 1. The van der Waals surface area contributed by atoms with Crippen LogP contribution < -0.4 is 5.73 Å². The van der Waals surface area contributed by atoms with E-state index in [4.69, 9.17) is 18.0 Å². The number of hydrogen-bond donors (Lipinski definition) is 1. The molecule has 2 N–H and O–H groups in total. The molecule has 1 atom stereocenters. The van der Waals surface area contributed by atoms with Gasteiger partial charge in [0.05, 0.1) is 19.2 Å². The first kappa shape index (κ1) is 18.7. The van der Waals surface area contributed by atoms with E-state index in [-0.39, 0.29) is 11.4 Å². The minimum absolute atomic E-state index is 0.122. The van der Waals surface area contributed by atoms with Crippen molar-refractivity contribution in [2.45, 2.75) is 18.6 Å². The van der Waals surface area contributed by atoms with Crippen molar-refractivity contribution in [3.8, 4) is 0 Å². The zero-order valence-corrected chi connectivity index (χ0v) is 13.1. The third kappa shape index (κ3) is 5.02. The van der Waals surface area contributed by atoms with E-state index < -0.39 is 40.3 Å². The number of rotatable bonds is 8. The standard InChI is InChI=1S/C10H18N2O6S2/c1-4-7(10(11)19)20(15,16)12(5-8(13)17-2)6-9(14)18-3/h7H,4-6H2,1-3H3,(H2,11,19). The minimum Gasteiger partial charge on any atom is -0.468 e. The molecule has 1 unspecified atom stereocenters. The molecule has 0 saturated carbocycles. The van der Waals surface area contributed by atoms with Crippen molar-refractivity contribution >= 4 is 39.2 Å². The summed E-state index contributed by atoms with van der Waals surface area (Å²) < 4.78 is 34.2. The Hall–Kier alpha value is -1.26. The van der Waals surface area contributed by atoms with Crippen LogP contribution in [0.15, 0.2) is 0 Å². The van der Waals surface area contributed by atoms with E-state index in [1.807, 2.05) is 0 Å². The van der Waals surface area contributed by atoms with Crippen LogP contribution in [0.5, 0.6) is 0 Å². The molecule has 116 valence electrons. The minimum atomic E-state index is -4.06. The summed E-state index contributed by atoms with van der Waals surface area (Å²) in [4.78, 5) is 22.3. The Morgan fingerprint density at radius 3 is 1.85 bits per heavy atom. The molecule has 0 saturated heterocycles. The fourth-order valence-corrected chi connectivity index (χ4v) is 3.57. The first-order valence-electron chi connectivity index (χ1n) is 5.62. The first-order chi connectivity index (χ1) is 9.20. The zero-order chi connectivity index (χ0) is 15.9. The van der Waals surface area contributed by atoms with Gasteiger partial charge < -0.3 is 15.2 Å². The van der Waals surface area contributed by atoms with Crippen molar-refractivity contribution in [1.82, 2.24) is 4.31 Å². The number of hydrogen-bond acceptors (Lipinski definition) is 7. The fourth-order valence-electron chi connectivity index (χ4n) is 1.39. The predicted octanol–water partition coefficient (Wildman–Crippen LogP) is -0.971. The number of carbonyl (C=O) groups is 2. The van der Waals surface area contributed by atoms with Gasteiger partial charge in [-0.3, -0.25) is 9.59 Å². The molecule has 0 radical (unpaired) electrons. The third-order valence-electron chi connectivity index (χ3n) is 2.47. The van der Waals surface area contributed by atoms with Gasteiger partial charge in [0, 0.05) is 0 Å². The van der Waals surface area contributed by atoms with Gasteiger partial charge in [-0.15, -0.1) is 0 Å². The van der Waals surface area contributed by atoms with Crippen LogP contribution in [0.2, 0.25) is 0 Å². The van der Waals surface area contributed by atoms with Crippen molar-refractivity contribution in [3.63, 3.8) is 0 Å². The molecule has 0 amide bonds. The van der Waals surface area contributed by atoms with Crippen LogP contribution >= 0.6 is 12.2 Å². The van der Waals surface area contributed by atoms with Gasteiger partial charge in [0.2, 0.25) is 10.0 Å². The molecular formula is C10H18N2O6S2. The number of methoxy groups -OCH3 is 2. The molecule has 0 fully saturated rings. The van der Waals surface area contributed by atoms with E-state index in [0.717, 1.165) is 14.2 Å². The Morgan fingerprint density at radius 1 is 1.20 bits per heavy atom. The van der Waals surface area contributed by atoms with E-state index in [9.17, 15) is 18.0 Å². The molecule has 10 heteroatoms. The van der Waals surface area contributed by atoms with E-state index >= 15 is 0 Å². The third-order valence-corrected chi connectivity index (χ3v) is 5.19. The van der Waals surface area contributed by atoms with Crippen LogP contribution in [0.3, 0.4) is 0 Å². The monoisotopic (exact) mass is 326 g/mol. The average Bonchev–Trinajstić information content (AvgIpc) is 2.37. The molecule has 0 aliphatic heterocycles. The van der Waals surface area contributed by atoms with Crippen molar-refractivity contribution in [2.24, 2.45) is 5.73 Å². The highest BCUT2D eigenvalue weighted by Gasteiger charge is 2.35. The number of carbonyl (C=O) groups excluding carboxylic acids is 2. The highest BCUT2D eigenvalue weighted by atomic mass is 32.2. The lowest BCUT2D eigenvalue weighted by Crippen LogP contribution is -2.48. The molecule has 8 nitrogen and oxygen atoms in total. The van der Waals surface area contributed by atoms with Gasteiger partial charge >= 0.3 is 11.9 Å². The summed E-state index contributed by atoms with van der Waals surface area (Å²) in [7, 11) is -1.84. The van der Waals surface area contributed by atoms with Crippen molar-refractivity contribution in [2.75, 3.05) is 27.3 Å². The SMILES string of the molecule is CCC(C(N)=S)S(=O)(=O)N(CC(=O)OC)CC(=O)OC. The van der Waals surface area contributed by atoms with Gasteiger partial charge in [-0.2, -0.15) is 4.31 Å². The number of esters is 2. The fraction of sp³-hybridized carbons (Fsp3) is 0.700. The summed E-state index contributed by atoms with van der Waals surface area (Å²) in [5.74, 6) is -1.62. The number of nitrogens with two attached hydrogens (primary N) is 1. The van der Waals surface area contributed by atoms with Crippen LogP contribution in [-0.2, 0) is 29.1 Å². The Bertz CT molecular complexity index is 458. The second kappa shape index (κ2) is 8.12. The lowest BCUT2D eigenvalue weighted by atomic mass is 10.3. The topological polar surface area (TPSA) is 116 Å². The van der Waals surface area contributed by atoms with Crippen molar-refractivity contribution in [1.29, 1.82) is 0 Å². The normalized spacial score (nSPS) is 12.8. The Morgan fingerprint density at radius 2 is 1.60 bits per heavy atom. The van der Waals surface area contributed by atoms with Crippen LogP contribution in [0, 0.1) is 0 Å². The van der Waals surface area contributed by atoms with E-state index in [1.165, 1.54) is 0 Å². The largest absolute Gasteiger partial charge is 0.468 e. The highest BCUT2D eigenvalue weighted by molar-refractivity contribution is 7.92. The summed E-state index contributed by atoms with van der Waals surface area (Å²) in [6.07, 6.45) is 0.122. The van der Waals surface area contributed by atoms with E-state index in [0.29, 0.717) is 4.31 Å². The lowest BCUT2D eigenvalue weighted by molar-refractivity contribution is -0.143. The van der Waals surface area contributed by atoms with E-state index in [2.05, 4.69) is 9.47 Å². The lowest BCUT2D eigenvalue weighted by Gasteiger charge is -2.24. The molecule has 20 heavy (non-hydrogen) atoms. The van der Waals surface area contributed by atoms with Crippen LogP contribution in [0.25, 0.3) is 0 Å². The predicted molar refractivity (Wildman–Crippen MR) is 75.4 cm³/mol. The Balaban J connectivity index is 5.42.